The molecule has 0 heterocycles. The molecule has 0 aromatic heterocycles. The lowest BCUT2D eigenvalue weighted by molar-refractivity contribution is 0.125. The van der Waals surface area contributed by atoms with Crippen molar-refractivity contribution in [3.05, 3.63) is 0 Å². The van der Waals surface area contributed by atoms with Crippen LogP contribution >= 0.6 is 0 Å². The molecule has 0 bridgehead atoms. The first-order valence-electron chi connectivity index (χ1n) is 11.0. The Morgan fingerprint density at radius 2 is 0.633 bits per heavy atom. The van der Waals surface area contributed by atoms with Gasteiger partial charge >= 0.3 is 25.7 Å². The third-order valence-electron chi connectivity index (χ3n) is 3.61. The minimum Gasteiger partial charge on any atom is -0.435 e. The van der Waals surface area contributed by atoms with Crippen molar-refractivity contribution >= 4 is 42.3 Å². The molecule has 0 saturated carbocycles. The van der Waals surface area contributed by atoms with E-state index in [9.17, 15) is 0 Å². The molecule has 2 unspecified atom stereocenters. The predicted molar refractivity (Wildman–Crippen MR) is 135 cm³/mol. The third kappa shape index (κ3) is 14.1. The summed E-state index contributed by atoms with van der Waals surface area (Å²) in [6, 6.07) is 0. The standard InChI is InChI=1S/C18H48O7Si5/c1-13-19-16-28(10,22-26(4,5)6)24-30(12,18-21-15-3)25-29(11,17-20-14-2)23-27(7,8)9/h13-18H2,1-12H3. The lowest BCUT2D eigenvalue weighted by atomic mass is 10.9. The van der Waals surface area contributed by atoms with Gasteiger partial charge in [0.25, 0.3) is 0 Å². The van der Waals surface area contributed by atoms with Crippen LogP contribution in [0.25, 0.3) is 0 Å². The molecular weight excluding hydrogens is 469 g/mol. The number of hydrogen-bond donors (Lipinski definition) is 0. The fraction of sp³-hybridized carbons (Fsp3) is 1.00. The van der Waals surface area contributed by atoms with Gasteiger partial charge in [-0.3, -0.25) is 0 Å². The molecule has 7 nitrogen and oxygen atoms in total. The van der Waals surface area contributed by atoms with Crippen LogP contribution in [0.3, 0.4) is 0 Å². The molecule has 0 saturated heterocycles. The second kappa shape index (κ2) is 12.9. The smallest absolute Gasteiger partial charge is 0.344 e. The average Bonchev–Trinajstić information content (AvgIpc) is 2.52. The van der Waals surface area contributed by atoms with Gasteiger partial charge in [0.05, 0.1) is 18.7 Å². The first-order chi connectivity index (χ1) is 13.5. The normalized spacial score (nSPS) is 19.2. The highest BCUT2D eigenvalue weighted by molar-refractivity contribution is 6.91. The summed E-state index contributed by atoms with van der Waals surface area (Å²) in [4.78, 5) is 0. The van der Waals surface area contributed by atoms with Crippen molar-refractivity contribution in [2.75, 3.05) is 38.5 Å². The maximum atomic E-state index is 6.83. The quantitative estimate of drug-likeness (QED) is 0.260. The molecule has 0 amide bonds. The number of hydrogen-bond acceptors (Lipinski definition) is 7. The van der Waals surface area contributed by atoms with E-state index in [0.29, 0.717) is 38.5 Å². The van der Waals surface area contributed by atoms with Gasteiger partial charge in [-0.1, -0.05) is 0 Å². The Labute approximate surface area is 191 Å². The fourth-order valence-corrected chi connectivity index (χ4v) is 25.7. The third-order valence-corrected chi connectivity index (χ3v) is 21.1. The Bertz CT molecular complexity index is 451. The molecule has 2 atom stereocenters. The van der Waals surface area contributed by atoms with Crippen molar-refractivity contribution in [3.63, 3.8) is 0 Å². The van der Waals surface area contributed by atoms with E-state index in [0.717, 1.165) is 0 Å². The molecule has 0 N–H and O–H groups in total. The average molecular weight is 517 g/mol. The van der Waals surface area contributed by atoms with E-state index >= 15 is 0 Å². The summed E-state index contributed by atoms with van der Waals surface area (Å²) in [6.45, 7) is 27.1. The zero-order valence-electron chi connectivity index (χ0n) is 21.6. The topological polar surface area (TPSA) is 64.6 Å². The SMILES string of the molecule is CCOC[Si](C)(O[Si](C)(C)C)O[Si](C)(COCC)O[Si](C)(COCC)O[Si](C)(C)C. The molecule has 0 aliphatic rings. The van der Waals surface area contributed by atoms with Gasteiger partial charge in [-0.05, 0) is 79.7 Å². The van der Waals surface area contributed by atoms with Gasteiger partial charge in [0.15, 0.2) is 16.6 Å². The highest BCUT2D eigenvalue weighted by Gasteiger charge is 2.51. The van der Waals surface area contributed by atoms with Gasteiger partial charge in [-0.25, -0.2) is 0 Å². The van der Waals surface area contributed by atoms with Gasteiger partial charge < -0.3 is 30.7 Å². The zero-order chi connectivity index (χ0) is 23.7. The van der Waals surface area contributed by atoms with Crippen molar-refractivity contribution in [3.8, 4) is 0 Å². The summed E-state index contributed by atoms with van der Waals surface area (Å²) < 4.78 is 44.3. The first kappa shape index (κ1) is 30.8. The Morgan fingerprint density at radius 3 is 0.833 bits per heavy atom. The summed E-state index contributed by atoms with van der Waals surface area (Å²) in [5, 5.41) is 0. The molecule has 30 heavy (non-hydrogen) atoms. The molecule has 0 spiro atoms. The summed E-state index contributed by atoms with van der Waals surface area (Å²) in [5.74, 6) is 0. The van der Waals surface area contributed by atoms with E-state index in [1.807, 2.05) is 20.8 Å². The van der Waals surface area contributed by atoms with Crippen molar-refractivity contribution in [2.45, 2.75) is 79.7 Å². The monoisotopic (exact) mass is 516 g/mol. The van der Waals surface area contributed by atoms with E-state index in [2.05, 4.69) is 58.9 Å². The van der Waals surface area contributed by atoms with Crippen LogP contribution in [0.4, 0.5) is 0 Å². The highest BCUT2D eigenvalue weighted by Crippen LogP contribution is 2.27. The van der Waals surface area contributed by atoms with Crippen LogP contribution in [0.2, 0.25) is 58.9 Å². The lowest BCUT2D eigenvalue weighted by Gasteiger charge is -2.44. The number of ether oxygens (including phenoxy) is 3. The maximum Gasteiger partial charge on any atom is 0.344 e. The van der Waals surface area contributed by atoms with Crippen LogP contribution in [0, 0.1) is 0 Å². The van der Waals surface area contributed by atoms with Crippen LogP contribution in [-0.2, 0) is 30.7 Å². The first-order valence-corrected chi connectivity index (χ1v) is 25.4. The molecule has 0 aliphatic heterocycles. The molecule has 0 rings (SSSR count). The van der Waals surface area contributed by atoms with Gasteiger partial charge in [0.2, 0.25) is 0 Å². The van der Waals surface area contributed by atoms with Crippen molar-refractivity contribution in [2.24, 2.45) is 0 Å². The Balaban J connectivity index is 5.87. The van der Waals surface area contributed by atoms with Crippen molar-refractivity contribution < 1.29 is 30.7 Å². The van der Waals surface area contributed by atoms with Crippen molar-refractivity contribution in [1.29, 1.82) is 0 Å². The molecule has 0 aromatic rings. The van der Waals surface area contributed by atoms with Crippen LogP contribution < -0.4 is 0 Å². The van der Waals surface area contributed by atoms with E-state index in [4.69, 9.17) is 30.7 Å². The zero-order valence-corrected chi connectivity index (χ0v) is 26.6. The highest BCUT2D eigenvalue weighted by atomic mass is 28.5. The van der Waals surface area contributed by atoms with Gasteiger partial charge in [0, 0.05) is 19.8 Å². The van der Waals surface area contributed by atoms with E-state index in [1.165, 1.54) is 0 Å². The minimum atomic E-state index is -2.81. The summed E-state index contributed by atoms with van der Waals surface area (Å²) in [5.41, 5.74) is 0. The van der Waals surface area contributed by atoms with Gasteiger partial charge in [-0.2, -0.15) is 0 Å². The predicted octanol–water partition coefficient (Wildman–Crippen LogP) is 4.67. The van der Waals surface area contributed by atoms with E-state index in [-0.39, 0.29) is 0 Å². The molecule has 0 aromatic carbocycles. The van der Waals surface area contributed by atoms with Crippen LogP contribution in [0.15, 0.2) is 0 Å². The Kier molecular flexibility index (Phi) is 13.2. The van der Waals surface area contributed by atoms with Gasteiger partial charge in [-0.15, -0.1) is 0 Å². The number of rotatable bonds is 17. The largest absolute Gasteiger partial charge is 0.435 e. The van der Waals surface area contributed by atoms with E-state index in [1.54, 1.807) is 0 Å². The molecule has 12 heteroatoms. The summed E-state index contributed by atoms with van der Waals surface area (Å²) in [7, 11) is -11.8. The molecule has 0 aliphatic carbocycles. The van der Waals surface area contributed by atoms with E-state index < -0.39 is 42.3 Å². The van der Waals surface area contributed by atoms with Crippen LogP contribution in [0.1, 0.15) is 20.8 Å². The minimum absolute atomic E-state index is 0.428. The Morgan fingerprint density at radius 1 is 0.400 bits per heavy atom. The summed E-state index contributed by atoms with van der Waals surface area (Å²) in [6.07, 6.45) is 1.38. The fourth-order valence-electron chi connectivity index (χ4n) is 3.31. The maximum absolute atomic E-state index is 6.83. The lowest BCUT2D eigenvalue weighted by Crippen LogP contribution is -2.65. The van der Waals surface area contributed by atoms with Crippen LogP contribution in [0.5, 0.6) is 0 Å². The molecule has 0 fully saturated rings. The summed E-state index contributed by atoms with van der Waals surface area (Å²) >= 11 is 0. The van der Waals surface area contributed by atoms with Gasteiger partial charge in [0.1, 0.15) is 0 Å². The Hall–Kier alpha value is 0.804. The molecular formula is C18H48O7Si5. The second-order valence-electron chi connectivity index (χ2n) is 9.95. The van der Waals surface area contributed by atoms with Crippen LogP contribution in [-0.4, -0.2) is 80.8 Å². The molecule has 182 valence electrons. The molecule has 0 radical (unpaired) electrons. The van der Waals surface area contributed by atoms with Crippen molar-refractivity contribution in [1.82, 2.24) is 0 Å². The second-order valence-corrected chi connectivity index (χ2v) is 29.3.